The van der Waals surface area contributed by atoms with E-state index < -0.39 is 0 Å². The van der Waals surface area contributed by atoms with Crippen molar-refractivity contribution in [2.24, 2.45) is 11.8 Å². The second kappa shape index (κ2) is 9.78. The highest BCUT2D eigenvalue weighted by Gasteiger charge is 2.34. The SMILES string of the molecule is CC(=O)Nc1ccc(OCC(=O)N2CCC([C@@H]3CC=CCN(C)C3=O)CC2)cc1C. The van der Waals surface area contributed by atoms with Crippen LogP contribution < -0.4 is 10.1 Å². The Morgan fingerprint density at radius 1 is 1.20 bits per heavy atom. The molecule has 162 valence electrons. The molecule has 0 unspecified atom stereocenters. The first-order valence-electron chi connectivity index (χ1n) is 10.5. The maximum absolute atomic E-state index is 12.6. The number of allylic oxidation sites excluding steroid dienone is 1. The molecule has 0 bridgehead atoms. The molecule has 3 rings (SSSR count). The van der Waals surface area contributed by atoms with Gasteiger partial charge in [0, 0.05) is 45.2 Å². The van der Waals surface area contributed by atoms with Crippen LogP contribution in [0.25, 0.3) is 0 Å². The fourth-order valence-electron chi connectivity index (χ4n) is 4.19. The molecular weight excluding hydrogens is 382 g/mol. The molecule has 2 aliphatic heterocycles. The third-order valence-corrected chi connectivity index (χ3v) is 5.96. The number of nitrogens with zero attached hydrogens (tertiary/aromatic N) is 2. The summed E-state index contributed by atoms with van der Waals surface area (Å²) in [5, 5.41) is 2.76. The van der Waals surface area contributed by atoms with Crippen molar-refractivity contribution >= 4 is 23.4 Å². The van der Waals surface area contributed by atoms with Crippen LogP contribution in [-0.2, 0) is 14.4 Å². The van der Waals surface area contributed by atoms with Gasteiger partial charge in [-0.2, -0.15) is 0 Å². The van der Waals surface area contributed by atoms with Gasteiger partial charge in [0.15, 0.2) is 6.61 Å². The monoisotopic (exact) mass is 413 g/mol. The molecule has 7 heteroatoms. The van der Waals surface area contributed by atoms with Crippen LogP contribution in [0.4, 0.5) is 5.69 Å². The number of hydrogen-bond donors (Lipinski definition) is 1. The first-order valence-corrected chi connectivity index (χ1v) is 10.5. The van der Waals surface area contributed by atoms with Gasteiger partial charge in [-0.3, -0.25) is 14.4 Å². The van der Waals surface area contributed by atoms with Gasteiger partial charge in [-0.15, -0.1) is 0 Å². The van der Waals surface area contributed by atoms with E-state index in [0.29, 0.717) is 31.3 Å². The quantitative estimate of drug-likeness (QED) is 0.753. The highest BCUT2D eigenvalue weighted by molar-refractivity contribution is 5.89. The minimum atomic E-state index is -0.126. The number of carbonyl (C=O) groups is 3. The number of benzene rings is 1. The number of ether oxygens (including phenoxy) is 1. The number of likely N-dealkylation sites (N-methyl/N-ethyl adjacent to an activating group) is 1. The summed E-state index contributed by atoms with van der Waals surface area (Å²) in [4.78, 5) is 40.0. The number of piperidine rings is 1. The molecule has 1 N–H and O–H groups in total. The van der Waals surface area contributed by atoms with Gasteiger partial charge in [-0.1, -0.05) is 12.2 Å². The average Bonchev–Trinajstić information content (AvgIpc) is 2.89. The Bertz CT molecular complexity index is 828. The zero-order chi connectivity index (χ0) is 21.7. The number of amides is 3. The Morgan fingerprint density at radius 3 is 2.60 bits per heavy atom. The smallest absolute Gasteiger partial charge is 0.260 e. The Hall–Kier alpha value is -2.83. The zero-order valence-electron chi connectivity index (χ0n) is 18.0. The highest BCUT2D eigenvalue weighted by atomic mass is 16.5. The van der Waals surface area contributed by atoms with Gasteiger partial charge in [0.05, 0.1) is 0 Å². The molecule has 0 aromatic heterocycles. The summed E-state index contributed by atoms with van der Waals surface area (Å²) in [5.41, 5.74) is 1.61. The van der Waals surface area contributed by atoms with E-state index in [1.54, 1.807) is 17.0 Å². The van der Waals surface area contributed by atoms with Crippen molar-refractivity contribution in [1.82, 2.24) is 9.80 Å². The van der Waals surface area contributed by atoms with E-state index >= 15 is 0 Å². The number of hydrogen-bond acceptors (Lipinski definition) is 4. The Labute approximate surface area is 178 Å². The van der Waals surface area contributed by atoms with Crippen molar-refractivity contribution in [1.29, 1.82) is 0 Å². The maximum atomic E-state index is 12.6. The second-order valence-electron chi connectivity index (χ2n) is 8.20. The zero-order valence-corrected chi connectivity index (χ0v) is 18.0. The van der Waals surface area contributed by atoms with Crippen molar-refractivity contribution in [2.75, 3.05) is 38.6 Å². The topological polar surface area (TPSA) is 79.0 Å². The lowest BCUT2D eigenvalue weighted by atomic mass is 9.81. The Kier molecular flexibility index (Phi) is 7.13. The minimum Gasteiger partial charge on any atom is -0.484 e. The van der Waals surface area contributed by atoms with Crippen LogP contribution in [0, 0.1) is 18.8 Å². The van der Waals surface area contributed by atoms with Crippen LogP contribution in [0.5, 0.6) is 5.75 Å². The van der Waals surface area contributed by atoms with Crippen LogP contribution in [0.2, 0.25) is 0 Å². The summed E-state index contributed by atoms with van der Waals surface area (Å²) in [7, 11) is 1.85. The standard InChI is InChI=1S/C23H31N3O4/c1-16-14-19(7-8-21(16)24-17(2)27)30-15-22(28)26-12-9-18(10-13-26)20-6-4-5-11-25(3)23(20)29/h4-5,7-8,14,18,20H,6,9-13,15H2,1-3H3,(H,24,27)/t20-/m0/s1. The summed E-state index contributed by atoms with van der Waals surface area (Å²) < 4.78 is 5.68. The van der Waals surface area contributed by atoms with E-state index in [-0.39, 0.29) is 30.2 Å². The van der Waals surface area contributed by atoms with E-state index in [4.69, 9.17) is 4.74 Å². The number of likely N-dealkylation sites (tertiary alicyclic amines) is 1. The van der Waals surface area contributed by atoms with Crippen LogP contribution in [0.3, 0.4) is 0 Å². The number of nitrogens with one attached hydrogen (secondary N) is 1. The van der Waals surface area contributed by atoms with E-state index in [2.05, 4.69) is 17.5 Å². The molecule has 2 aliphatic rings. The number of rotatable bonds is 5. The largest absolute Gasteiger partial charge is 0.484 e. The molecule has 1 aromatic carbocycles. The third kappa shape index (κ3) is 5.40. The molecule has 30 heavy (non-hydrogen) atoms. The van der Waals surface area contributed by atoms with Crippen molar-refractivity contribution < 1.29 is 19.1 Å². The summed E-state index contributed by atoms with van der Waals surface area (Å²) in [6.45, 7) is 5.32. The predicted molar refractivity (Wildman–Crippen MR) is 115 cm³/mol. The van der Waals surface area contributed by atoms with Crippen molar-refractivity contribution in [3.05, 3.63) is 35.9 Å². The normalized spacial score (nSPS) is 20.1. The van der Waals surface area contributed by atoms with Gasteiger partial charge in [0.2, 0.25) is 11.8 Å². The Morgan fingerprint density at radius 2 is 1.93 bits per heavy atom. The van der Waals surface area contributed by atoms with Crippen LogP contribution in [-0.4, -0.2) is 60.8 Å². The van der Waals surface area contributed by atoms with Gasteiger partial charge >= 0.3 is 0 Å². The van der Waals surface area contributed by atoms with Gasteiger partial charge in [0.25, 0.3) is 5.91 Å². The molecule has 0 spiro atoms. The maximum Gasteiger partial charge on any atom is 0.260 e. The average molecular weight is 414 g/mol. The van der Waals surface area contributed by atoms with Crippen molar-refractivity contribution in [2.45, 2.75) is 33.1 Å². The van der Waals surface area contributed by atoms with Crippen molar-refractivity contribution in [3.8, 4) is 5.75 Å². The van der Waals surface area contributed by atoms with E-state index in [0.717, 1.165) is 30.5 Å². The van der Waals surface area contributed by atoms with E-state index in [9.17, 15) is 14.4 Å². The number of anilines is 1. The van der Waals surface area contributed by atoms with Gasteiger partial charge in [-0.25, -0.2) is 0 Å². The predicted octanol–water partition coefficient (Wildman–Crippen LogP) is 2.61. The highest BCUT2D eigenvalue weighted by Crippen LogP contribution is 2.30. The summed E-state index contributed by atoms with van der Waals surface area (Å²) >= 11 is 0. The van der Waals surface area contributed by atoms with Gasteiger partial charge in [0.1, 0.15) is 5.75 Å². The molecule has 7 nitrogen and oxygen atoms in total. The molecule has 1 atom stereocenters. The second-order valence-corrected chi connectivity index (χ2v) is 8.20. The van der Waals surface area contributed by atoms with Crippen molar-refractivity contribution in [3.63, 3.8) is 0 Å². The molecule has 2 heterocycles. The molecular formula is C23H31N3O4. The summed E-state index contributed by atoms with van der Waals surface area (Å²) in [5.74, 6) is 0.985. The Balaban J connectivity index is 1.48. The first kappa shape index (κ1) is 21.9. The lowest BCUT2D eigenvalue weighted by molar-refractivity contribution is -0.137. The first-order chi connectivity index (χ1) is 14.3. The number of carbonyl (C=O) groups excluding carboxylic acids is 3. The van der Waals surface area contributed by atoms with Gasteiger partial charge < -0.3 is 19.9 Å². The van der Waals surface area contributed by atoms with Crippen LogP contribution in [0.15, 0.2) is 30.4 Å². The lowest BCUT2D eigenvalue weighted by Crippen LogP contribution is -2.44. The fourth-order valence-corrected chi connectivity index (χ4v) is 4.19. The summed E-state index contributed by atoms with van der Waals surface area (Å²) in [6, 6.07) is 5.34. The van der Waals surface area contributed by atoms with Crippen LogP contribution in [0.1, 0.15) is 31.7 Å². The summed E-state index contributed by atoms with van der Waals surface area (Å²) in [6.07, 6.45) is 6.64. The molecule has 1 aromatic rings. The third-order valence-electron chi connectivity index (χ3n) is 5.96. The molecule has 1 saturated heterocycles. The van der Waals surface area contributed by atoms with E-state index in [1.807, 2.05) is 24.9 Å². The lowest BCUT2D eigenvalue weighted by Gasteiger charge is -2.36. The van der Waals surface area contributed by atoms with Crippen LogP contribution >= 0.6 is 0 Å². The fraction of sp³-hybridized carbons (Fsp3) is 0.522. The van der Waals surface area contributed by atoms with E-state index in [1.165, 1.54) is 6.92 Å². The number of aryl methyl sites for hydroxylation is 1. The molecule has 0 radical (unpaired) electrons. The molecule has 0 saturated carbocycles. The molecule has 1 fully saturated rings. The van der Waals surface area contributed by atoms with Gasteiger partial charge in [-0.05, 0) is 55.9 Å². The minimum absolute atomic E-state index is 0.0164. The molecule has 3 amide bonds. The molecule has 0 aliphatic carbocycles.